The van der Waals surface area contributed by atoms with Crippen molar-refractivity contribution >= 4 is 11.7 Å². The van der Waals surface area contributed by atoms with Gasteiger partial charge in [0.15, 0.2) is 0 Å². The molecule has 3 aliphatic rings. The maximum Gasteiger partial charge on any atom is 0.223 e. The van der Waals surface area contributed by atoms with Gasteiger partial charge in [-0.05, 0) is 67.3 Å². The molecule has 4 atom stereocenters. The van der Waals surface area contributed by atoms with Crippen molar-refractivity contribution in [2.75, 3.05) is 25.1 Å². The summed E-state index contributed by atoms with van der Waals surface area (Å²) in [5.74, 6) is 3.00. The van der Waals surface area contributed by atoms with E-state index in [2.05, 4.69) is 33.0 Å². The van der Waals surface area contributed by atoms with Gasteiger partial charge in [-0.15, -0.1) is 0 Å². The molecule has 6 heteroatoms. The summed E-state index contributed by atoms with van der Waals surface area (Å²) in [7, 11) is 1.69. The minimum Gasteiger partial charge on any atom is -0.497 e. The maximum atomic E-state index is 13.1. The van der Waals surface area contributed by atoms with Gasteiger partial charge in [-0.2, -0.15) is 5.26 Å². The van der Waals surface area contributed by atoms with E-state index in [1.54, 1.807) is 13.3 Å². The summed E-state index contributed by atoms with van der Waals surface area (Å²) in [6, 6.07) is 14.7. The number of nitrogens with zero attached hydrogens (tertiary/aromatic N) is 4. The van der Waals surface area contributed by atoms with Crippen LogP contribution in [-0.4, -0.2) is 48.1 Å². The van der Waals surface area contributed by atoms with E-state index in [1.165, 1.54) is 5.56 Å². The van der Waals surface area contributed by atoms with Gasteiger partial charge in [-0.1, -0.05) is 12.1 Å². The van der Waals surface area contributed by atoms with Crippen molar-refractivity contribution in [1.29, 1.82) is 5.26 Å². The molecule has 0 saturated carbocycles. The second-order valence-electron chi connectivity index (χ2n) is 9.06. The zero-order chi connectivity index (χ0) is 21.4. The van der Waals surface area contributed by atoms with E-state index in [1.807, 2.05) is 24.3 Å². The number of anilines is 1. The summed E-state index contributed by atoms with van der Waals surface area (Å²) >= 11 is 0. The third-order valence-corrected chi connectivity index (χ3v) is 7.28. The van der Waals surface area contributed by atoms with Gasteiger partial charge in [0, 0.05) is 37.8 Å². The van der Waals surface area contributed by atoms with Gasteiger partial charge >= 0.3 is 0 Å². The molecular weight excluding hydrogens is 388 g/mol. The van der Waals surface area contributed by atoms with Gasteiger partial charge in [0.25, 0.3) is 0 Å². The minimum absolute atomic E-state index is 0.197. The highest BCUT2D eigenvalue weighted by Gasteiger charge is 2.49. The first-order valence-electron chi connectivity index (χ1n) is 11.2. The Labute approximate surface area is 183 Å². The third-order valence-electron chi connectivity index (χ3n) is 7.28. The van der Waals surface area contributed by atoms with Crippen LogP contribution in [-0.2, 0) is 11.2 Å². The zero-order valence-electron chi connectivity index (χ0n) is 17.9. The fourth-order valence-corrected chi connectivity index (χ4v) is 5.90. The molecule has 0 N–H and O–H groups in total. The normalized spacial score (nSPS) is 27.4. The van der Waals surface area contributed by atoms with E-state index < -0.39 is 0 Å². The van der Waals surface area contributed by atoms with Crippen LogP contribution in [0.2, 0.25) is 0 Å². The SMILES string of the molecule is COc1cccc(C[C@H]2[C@H]3C[C@H](CN(c4ccc(C#N)cn4)C3)[C@@H]3CCCC(=O)N32)c1. The number of nitriles is 1. The number of hydrogen-bond acceptors (Lipinski definition) is 5. The van der Waals surface area contributed by atoms with E-state index in [0.717, 1.165) is 50.3 Å². The number of ether oxygens (including phenoxy) is 1. The molecule has 3 fully saturated rings. The van der Waals surface area contributed by atoms with E-state index in [0.29, 0.717) is 35.8 Å². The topological polar surface area (TPSA) is 69.5 Å². The zero-order valence-corrected chi connectivity index (χ0v) is 17.9. The van der Waals surface area contributed by atoms with Crippen LogP contribution in [0, 0.1) is 23.2 Å². The molecule has 0 aliphatic carbocycles. The molecule has 160 valence electrons. The Kier molecular flexibility index (Phi) is 5.27. The summed E-state index contributed by atoms with van der Waals surface area (Å²) < 4.78 is 5.43. The Morgan fingerprint density at radius 2 is 2.10 bits per heavy atom. The van der Waals surface area contributed by atoms with Gasteiger partial charge in [-0.25, -0.2) is 4.98 Å². The van der Waals surface area contributed by atoms with Crippen molar-refractivity contribution in [1.82, 2.24) is 9.88 Å². The fourth-order valence-electron chi connectivity index (χ4n) is 5.90. The maximum absolute atomic E-state index is 13.1. The first kappa shape index (κ1) is 19.9. The molecule has 1 aromatic carbocycles. The highest BCUT2D eigenvalue weighted by Crippen LogP contribution is 2.43. The van der Waals surface area contributed by atoms with Crippen molar-refractivity contribution in [3.05, 3.63) is 53.7 Å². The highest BCUT2D eigenvalue weighted by atomic mass is 16.5. The standard InChI is InChI=1S/C25H28N4O2/c1-31-21-5-2-4-17(10-21)11-23-20-12-19(22-6-3-7-25(30)29(22)23)15-28(16-20)24-9-8-18(13-26)14-27-24/h2,4-5,8-10,14,19-20,22-23H,3,6-7,11-12,15-16H2,1H3/t19-,20+,22+,23+/m1/s1. The molecule has 0 unspecified atom stereocenters. The van der Waals surface area contributed by atoms with Crippen LogP contribution in [0.4, 0.5) is 5.82 Å². The van der Waals surface area contributed by atoms with Gasteiger partial charge in [0.2, 0.25) is 5.91 Å². The van der Waals surface area contributed by atoms with Crippen molar-refractivity contribution in [2.24, 2.45) is 11.8 Å². The Hall–Kier alpha value is -3.07. The van der Waals surface area contributed by atoms with Gasteiger partial charge < -0.3 is 14.5 Å². The average molecular weight is 417 g/mol. The molecule has 2 aromatic rings. The predicted molar refractivity (Wildman–Crippen MR) is 118 cm³/mol. The summed E-state index contributed by atoms with van der Waals surface area (Å²) in [4.78, 5) is 22.2. The van der Waals surface area contributed by atoms with Crippen molar-refractivity contribution < 1.29 is 9.53 Å². The molecule has 4 heterocycles. The van der Waals surface area contributed by atoms with E-state index in [4.69, 9.17) is 10.00 Å². The monoisotopic (exact) mass is 416 g/mol. The third kappa shape index (κ3) is 3.74. The molecule has 2 bridgehead atoms. The Bertz CT molecular complexity index is 999. The number of aromatic nitrogens is 1. The number of rotatable bonds is 4. The Morgan fingerprint density at radius 3 is 2.87 bits per heavy atom. The first-order valence-corrected chi connectivity index (χ1v) is 11.2. The van der Waals surface area contributed by atoms with Crippen LogP contribution < -0.4 is 9.64 Å². The second kappa shape index (κ2) is 8.22. The second-order valence-corrected chi connectivity index (χ2v) is 9.06. The summed E-state index contributed by atoms with van der Waals surface area (Å²) in [5, 5.41) is 9.09. The van der Waals surface area contributed by atoms with Gasteiger partial charge in [-0.3, -0.25) is 4.79 Å². The molecule has 6 nitrogen and oxygen atoms in total. The minimum atomic E-state index is 0.197. The number of fused-ring (bicyclic) bond motifs is 4. The number of piperidine rings is 3. The van der Waals surface area contributed by atoms with Crippen LogP contribution in [0.25, 0.3) is 0 Å². The van der Waals surface area contributed by atoms with E-state index >= 15 is 0 Å². The lowest BCUT2D eigenvalue weighted by Gasteiger charge is -2.57. The van der Waals surface area contributed by atoms with Crippen LogP contribution in [0.3, 0.4) is 0 Å². The predicted octanol–water partition coefficient (Wildman–Crippen LogP) is 3.41. The van der Waals surface area contributed by atoms with Crippen LogP contribution in [0.5, 0.6) is 5.75 Å². The van der Waals surface area contributed by atoms with Crippen molar-refractivity contribution in [3.8, 4) is 11.8 Å². The van der Waals surface area contributed by atoms with E-state index in [-0.39, 0.29) is 6.04 Å². The van der Waals surface area contributed by atoms with Gasteiger partial charge in [0.1, 0.15) is 17.6 Å². The molecular formula is C25H28N4O2. The number of methoxy groups -OCH3 is 1. The number of pyridine rings is 1. The lowest BCUT2D eigenvalue weighted by Crippen LogP contribution is -2.65. The lowest BCUT2D eigenvalue weighted by molar-refractivity contribution is -0.148. The molecule has 1 aromatic heterocycles. The number of benzene rings is 1. The molecule has 5 rings (SSSR count). The number of amides is 1. The van der Waals surface area contributed by atoms with Crippen LogP contribution >= 0.6 is 0 Å². The molecule has 1 amide bonds. The first-order chi connectivity index (χ1) is 15.2. The van der Waals surface area contributed by atoms with Crippen LogP contribution in [0.15, 0.2) is 42.6 Å². The Morgan fingerprint density at radius 1 is 1.23 bits per heavy atom. The summed E-state index contributed by atoms with van der Waals surface area (Å²) in [5.41, 5.74) is 1.80. The molecule has 3 aliphatic heterocycles. The summed E-state index contributed by atoms with van der Waals surface area (Å²) in [6.07, 6.45) is 6.42. The molecule has 0 spiro atoms. The van der Waals surface area contributed by atoms with Crippen molar-refractivity contribution in [3.63, 3.8) is 0 Å². The largest absolute Gasteiger partial charge is 0.497 e. The van der Waals surface area contributed by atoms with Crippen molar-refractivity contribution in [2.45, 2.75) is 44.2 Å². The summed E-state index contributed by atoms with van der Waals surface area (Å²) in [6.45, 7) is 1.82. The molecule has 0 radical (unpaired) electrons. The number of carbonyl (C=O) groups excluding carboxylic acids is 1. The smallest absolute Gasteiger partial charge is 0.223 e. The molecule has 3 saturated heterocycles. The highest BCUT2D eigenvalue weighted by molar-refractivity contribution is 5.78. The quantitative estimate of drug-likeness (QED) is 0.764. The average Bonchev–Trinajstić information content (AvgIpc) is 2.82. The lowest BCUT2D eigenvalue weighted by atomic mass is 9.70. The van der Waals surface area contributed by atoms with Gasteiger partial charge in [0.05, 0.1) is 12.7 Å². The molecule has 31 heavy (non-hydrogen) atoms. The van der Waals surface area contributed by atoms with E-state index in [9.17, 15) is 4.79 Å². The fraction of sp³-hybridized carbons (Fsp3) is 0.480. The number of hydrogen-bond donors (Lipinski definition) is 0. The number of carbonyl (C=O) groups is 1. The Balaban J connectivity index is 1.45. The van der Waals surface area contributed by atoms with Crippen LogP contribution in [0.1, 0.15) is 36.8 Å².